The molecule has 0 aromatic heterocycles. The van der Waals surface area contributed by atoms with E-state index in [2.05, 4.69) is 17.4 Å². The Balaban J connectivity index is 1.78. The maximum Gasteiger partial charge on any atom is 0.165 e. The van der Waals surface area contributed by atoms with Crippen molar-refractivity contribution in [3.05, 3.63) is 65.5 Å². The Labute approximate surface area is 126 Å². The van der Waals surface area contributed by atoms with Gasteiger partial charge >= 0.3 is 0 Å². The minimum absolute atomic E-state index is 0.287. The van der Waals surface area contributed by atoms with Gasteiger partial charge < -0.3 is 10.1 Å². The fraction of sp³-hybridized carbons (Fsp3) is 0.333. The SMILES string of the molecule is CCNCc1ccc(OCCCc2ccccc2)c(F)c1. The first-order valence-corrected chi connectivity index (χ1v) is 7.45. The van der Waals surface area contributed by atoms with Gasteiger partial charge in [0.2, 0.25) is 0 Å². The molecule has 1 N–H and O–H groups in total. The van der Waals surface area contributed by atoms with Gasteiger partial charge in [-0.25, -0.2) is 4.39 Å². The van der Waals surface area contributed by atoms with Crippen molar-refractivity contribution < 1.29 is 9.13 Å². The van der Waals surface area contributed by atoms with Crippen molar-refractivity contribution in [2.75, 3.05) is 13.2 Å². The summed E-state index contributed by atoms with van der Waals surface area (Å²) in [5.41, 5.74) is 2.22. The monoisotopic (exact) mass is 287 g/mol. The van der Waals surface area contributed by atoms with Crippen molar-refractivity contribution in [2.24, 2.45) is 0 Å². The van der Waals surface area contributed by atoms with E-state index in [1.807, 2.05) is 31.2 Å². The molecule has 0 saturated carbocycles. The summed E-state index contributed by atoms with van der Waals surface area (Å²) in [6.07, 6.45) is 1.82. The van der Waals surface area contributed by atoms with Gasteiger partial charge in [-0.2, -0.15) is 0 Å². The van der Waals surface area contributed by atoms with Crippen LogP contribution in [0.25, 0.3) is 0 Å². The summed E-state index contributed by atoms with van der Waals surface area (Å²) >= 11 is 0. The highest BCUT2D eigenvalue weighted by molar-refractivity contribution is 5.29. The van der Waals surface area contributed by atoms with E-state index >= 15 is 0 Å². The lowest BCUT2D eigenvalue weighted by Crippen LogP contribution is -2.12. The number of benzene rings is 2. The Morgan fingerprint density at radius 2 is 1.86 bits per heavy atom. The molecule has 0 aliphatic carbocycles. The first-order valence-electron chi connectivity index (χ1n) is 7.45. The Morgan fingerprint density at radius 3 is 2.57 bits per heavy atom. The second-order valence-electron chi connectivity index (χ2n) is 4.98. The Kier molecular flexibility index (Phi) is 6.22. The maximum absolute atomic E-state index is 13.9. The van der Waals surface area contributed by atoms with Crippen LogP contribution in [0.2, 0.25) is 0 Å². The van der Waals surface area contributed by atoms with Crippen LogP contribution in [0.15, 0.2) is 48.5 Å². The maximum atomic E-state index is 13.9. The molecule has 0 spiro atoms. The molecule has 0 heterocycles. The molecule has 0 saturated heterocycles. The Bertz CT molecular complexity index is 542. The van der Waals surface area contributed by atoms with E-state index in [1.54, 1.807) is 6.07 Å². The summed E-state index contributed by atoms with van der Waals surface area (Å²) in [4.78, 5) is 0. The summed E-state index contributed by atoms with van der Waals surface area (Å²) < 4.78 is 19.4. The molecule has 0 atom stereocenters. The molecule has 0 bridgehead atoms. The first-order chi connectivity index (χ1) is 10.3. The van der Waals surface area contributed by atoms with E-state index in [1.165, 1.54) is 11.6 Å². The molecular weight excluding hydrogens is 265 g/mol. The third-order valence-corrected chi connectivity index (χ3v) is 3.29. The van der Waals surface area contributed by atoms with Crippen LogP contribution < -0.4 is 10.1 Å². The molecule has 2 rings (SSSR count). The van der Waals surface area contributed by atoms with Crippen molar-refractivity contribution >= 4 is 0 Å². The molecule has 3 heteroatoms. The minimum Gasteiger partial charge on any atom is -0.491 e. The van der Waals surface area contributed by atoms with Gasteiger partial charge in [-0.3, -0.25) is 0 Å². The predicted octanol–water partition coefficient (Wildman–Crippen LogP) is 3.95. The van der Waals surface area contributed by atoms with Crippen molar-refractivity contribution in [2.45, 2.75) is 26.3 Å². The number of halogens is 1. The van der Waals surface area contributed by atoms with Gasteiger partial charge in [0.1, 0.15) is 0 Å². The summed E-state index contributed by atoms with van der Waals surface area (Å²) in [5.74, 6) is 0.0495. The van der Waals surface area contributed by atoms with Gasteiger partial charge in [-0.05, 0) is 42.6 Å². The molecule has 2 nitrogen and oxygen atoms in total. The first kappa shape index (κ1) is 15.5. The summed E-state index contributed by atoms with van der Waals surface area (Å²) in [7, 11) is 0. The van der Waals surface area contributed by atoms with Gasteiger partial charge in [0.15, 0.2) is 11.6 Å². The van der Waals surface area contributed by atoms with Crippen molar-refractivity contribution in [3.63, 3.8) is 0 Å². The van der Waals surface area contributed by atoms with E-state index in [4.69, 9.17) is 4.74 Å². The fourth-order valence-corrected chi connectivity index (χ4v) is 2.14. The van der Waals surface area contributed by atoms with Gasteiger partial charge in [0.05, 0.1) is 6.61 Å². The van der Waals surface area contributed by atoms with Crippen molar-refractivity contribution in [1.29, 1.82) is 0 Å². The molecule has 0 radical (unpaired) electrons. The Morgan fingerprint density at radius 1 is 1.05 bits per heavy atom. The van der Waals surface area contributed by atoms with Crippen LogP contribution in [0, 0.1) is 5.82 Å². The van der Waals surface area contributed by atoms with E-state index in [-0.39, 0.29) is 5.82 Å². The minimum atomic E-state index is -0.287. The summed E-state index contributed by atoms with van der Waals surface area (Å²) in [5, 5.41) is 3.17. The zero-order chi connectivity index (χ0) is 14.9. The second-order valence-corrected chi connectivity index (χ2v) is 4.98. The van der Waals surface area contributed by atoms with Crippen LogP contribution in [0.1, 0.15) is 24.5 Å². The normalized spacial score (nSPS) is 10.6. The molecule has 21 heavy (non-hydrogen) atoms. The highest BCUT2D eigenvalue weighted by atomic mass is 19.1. The standard InChI is InChI=1S/C18H22FNO/c1-2-20-14-16-10-11-18(17(19)13-16)21-12-6-9-15-7-4-3-5-8-15/h3-5,7-8,10-11,13,20H,2,6,9,12,14H2,1H3. The third kappa shape index (κ3) is 5.20. The zero-order valence-corrected chi connectivity index (χ0v) is 12.4. The molecule has 0 aliphatic rings. The quantitative estimate of drug-likeness (QED) is 0.742. The summed E-state index contributed by atoms with van der Waals surface area (Å²) in [6.45, 7) is 4.11. The number of ether oxygens (including phenoxy) is 1. The highest BCUT2D eigenvalue weighted by Gasteiger charge is 2.04. The molecule has 0 amide bonds. The van der Waals surface area contributed by atoms with Crippen LogP contribution in [0.3, 0.4) is 0 Å². The van der Waals surface area contributed by atoms with Crippen LogP contribution in [0.5, 0.6) is 5.75 Å². The predicted molar refractivity (Wildman–Crippen MR) is 84.0 cm³/mol. The fourth-order valence-electron chi connectivity index (χ4n) is 2.14. The molecule has 2 aromatic carbocycles. The average molecular weight is 287 g/mol. The number of hydrogen-bond acceptors (Lipinski definition) is 2. The van der Waals surface area contributed by atoms with E-state index in [0.717, 1.165) is 24.9 Å². The molecule has 2 aromatic rings. The molecule has 0 unspecified atom stereocenters. The van der Waals surface area contributed by atoms with Gasteiger partial charge in [0, 0.05) is 6.54 Å². The van der Waals surface area contributed by atoms with Crippen LogP contribution in [-0.4, -0.2) is 13.2 Å². The second kappa shape index (κ2) is 8.42. The highest BCUT2D eigenvalue weighted by Crippen LogP contribution is 2.18. The zero-order valence-electron chi connectivity index (χ0n) is 12.4. The van der Waals surface area contributed by atoms with Crippen molar-refractivity contribution in [3.8, 4) is 5.75 Å². The third-order valence-electron chi connectivity index (χ3n) is 3.29. The smallest absolute Gasteiger partial charge is 0.165 e. The number of hydrogen-bond donors (Lipinski definition) is 1. The average Bonchev–Trinajstić information content (AvgIpc) is 2.52. The Hall–Kier alpha value is -1.87. The van der Waals surface area contributed by atoms with Crippen LogP contribution in [0.4, 0.5) is 4.39 Å². The molecule has 0 aliphatic heterocycles. The van der Waals surface area contributed by atoms with Crippen LogP contribution in [-0.2, 0) is 13.0 Å². The van der Waals surface area contributed by atoms with Crippen molar-refractivity contribution in [1.82, 2.24) is 5.32 Å². The lowest BCUT2D eigenvalue weighted by Gasteiger charge is -2.09. The van der Waals surface area contributed by atoms with Gasteiger partial charge in [0.25, 0.3) is 0 Å². The topological polar surface area (TPSA) is 21.3 Å². The lowest BCUT2D eigenvalue weighted by atomic mass is 10.1. The van der Waals surface area contributed by atoms with Gasteiger partial charge in [-0.15, -0.1) is 0 Å². The largest absolute Gasteiger partial charge is 0.491 e. The number of nitrogens with one attached hydrogen (secondary N) is 1. The van der Waals surface area contributed by atoms with Gasteiger partial charge in [-0.1, -0.05) is 43.3 Å². The van der Waals surface area contributed by atoms with E-state index in [9.17, 15) is 4.39 Å². The van der Waals surface area contributed by atoms with Crippen LogP contribution >= 0.6 is 0 Å². The molecule has 0 fully saturated rings. The number of rotatable bonds is 8. The molecule has 112 valence electrons. The lowest BCUT2D eigenvalue weighted by molar-refractivity contribution is 0.295. The molecular formula is C18H22FNO. The summed E-state index contributed by atoms with van der Waals surface area (Å²) in [6, 6.07) is 15.4. The number of aryl methyl sites for hydroxylation is 1. The van der Waals surface area contributed by atoms with E-state index < -0.39 is 0 Å². The van der Waals surface area contributed by atoms with E-state index in [0.29, 0.717) is 18.9 Å².